The molecule has 0 atom stereocenters. The van der Waals surface area contributed by atoms with Crippen LogP contribution in [0.15, 0.2) is 22.7 Å². The van der Waals surface area contributed by atoms with Crippen LogP contribution in [0.1, 0.15) is 24.3 Å². The summed E-state index contributed by atoms with van der Waals surface area (Å²) in [7, 11) is -3.10. The number of hydrogen-bond acceptors (Lipinski definition) is 6. The van der Waals surface area contributed by atoms with E-state index in [0.29, 0.717) is 18.8 Å². The van der Waals surface area contributed by atoms with Gasteiger partial charge in [0.05, 0.1) is 23.3 Å². The van der Waals surface area contributed by atoms with Crippen LogP contribution in [-0.2, 0) is 10.0 Å². The Morgan fingerprint density at radius 2 is 1.96 bits per heavy atom. The van der Waals surface area contributed by atoms with Gasteiger partial charge in [-0.15, -0.1) is 0 Å². The van der Waals surface area contributed by atoms with E-state index in [1.54, 1.807) is 0 Å². The zero-order valence-corrected chi connectivity index (χ0v) is 15.6. The molecule has 1 fully saturated rings. The lowest BCUT2D eigenvalue weighted by molar-refractivity contribution is 0.332. The molecule has 8 heteroatoms. The van der Waals surface area contributed by atoms with Gasteiger partial charge in [-0.2, -0.15) is 0 Å². The smallest absolute Gasteiger partial charge is 0.211 e. The minimum absolute atomic E-state index is 0.213. The van der Waals surface area contributed by atoms with Crippen molar-refractivity contribution in [1.82, 2.24) is 9.46 Å². The van der Waals surface area contributed by atoms with E-state index in [1.807, 2.05) is 32.0 Å². The first-order valence-electron chi connectivity index (χ1n) is 8.30. The summed E-state index contributed by atoms with van der Waals surface area (Å²) in [5.41, 5.74) is 10.5. The van der Waals surface area contributed by atoms with Crippen molar-refractivity contribution < 1.29 is 12.9 Å². The average Bonchev–Trinajstić information content (AvgIpc) is 2.88. The first kappa shape index (κ1) is 17.8. The first-order valence-corrected chi connectivity index (χ1v) is 10.1. The fraction of sp³-hybridized carbons (Fsp3) is 0.471. The van der Waals surface area contributed by atoms with Crippen molar-refractivity contribution in [3.63, 3.8) is 0 Å². The maximum absolute atomic E-state index is 11.6. The van der Waals surface area contributed by atoms with E-state index in [-0.39, 0.29) is 6.04 Å². The summed E-state index contributed by atoms with van der Waals surface area (Å²) in [6.45, 7) is 4.86. The molecule has 3 N–H and O–H groups in total. The summed E-state index contributed by atoms with van der Waals surface area (Å²) in [4.78, 5) is 0. The SMILES string of the molecule is Cc1noc(C)c1-c1ccc(NC2CCN(S(C)(=O)=O)CC2)c(N)c1. The molecule has 136 valence electrons. The summed E-state index contributed by atoms with van der Waals surface area (Å²) in [6.07, 6.45) is 2.78. The minimum atomic E-state index is -3.10. The number of anilines is 2. The summed E-state index contributed by atoms with van der Waals surface area (Å²) in [6, 6.07) is 6.09. The van der Waals surface area contributed by atoms with Crippen LogP contribution in [0, 0.1) is 13.8 Å². The van der Waals surface area contributed by atoms with E-state index in [4.69, 9.17) is 10.3 Å². The Labute approximate surface area is 148 Å². The molecule has 0 saturated carbocycles. The Kier molecular flexibility index (Phi) is 4.75. The van der Waals surface area contributed by atoms with Gasteiger partial charge in [-0.05, 0) is 44.4 Å². The zero-order valence-electron chi connectivity index (χ0n) is 14.7. The van der Waals surface area contributed by atoms with Gasteiger partial charge in [-0.3, -0.25) is 0 Å². The van der Waals surface area contributed by atoms with Crippen LogP contribution < -0.4 is 11.1 Å². The number of nitrogens with one attached hydrogen (secondary N) is 1. The van der Waals surface area contributed by atoms with Gasteiger partial charge < -0.3 is 15.6 Å². The highest BCUT2D eigenvalue weighted by Crippen LogP contribution is 2.32. The third-order valence-corrected chi connectivity index (χ3v) is 5.96. The van der Waals surface area contributed by atoms with Gasteiger partial charge in [0, 0.05) is 24.7 Å². The molecule has 1 aromatic carbocycles. The molecule has 0 radical (unpaired) electrons. The molecule has 3 rings (SSSR count). The zero-order chi connectivity index (χ0) is 18.2. The van der Waals surface area contributed by atoms with Crippen LogP contribution in [0.3, 0.4) is 0 Å². The second-order valence-corrected chi connectivity index (χ2v) is 8.56. The molecule has 0 aliphatic carbocycles. The van der Waals surface area contributed by atoms with Crippen molar-refractivity contribution in [2.45, 2.75) is 32.7 Å². The molecule has 1 aromatic heterocycles. The highest BCUT2D eigenvalue weighted by atomic mass is 32.2. The lowest BCUT2D eigenvalue weighted by Gasteiger charge is -2.31. The number of piperidine rings is 1. The number of rotatable bonds is 4. The molecule has 0 amide bonds. The largest absolute Gasteiger partial charge is 0.397 e. The molecule has 1 aliphatic rings. The number of nitrogens with zero attached hydrogens (tertiary/aromatic N) is 2. The Morgan fingerprint density at radius 3 is 2.48 bits per heavy atom. The lowest BCUT2D eigenvalue weighted by atomic mass is 10.0. The predicted octanol–water partition coefficient (Wildman–Crippen LogP) is 2.38. The maximum Gasteiger partial charge on any atom is 0.211 e. The van der Waals surface area contributed by atoms with Crippen LogP contribution in [0.4, 0.5) is 11.4 Å². The lowest BCUT2D eigenvalue weighted by Crippen LogP contribution is -2.41. The molecule has 1 saturated heterocycles. The van der Waals surface area contributed by atoms with Crippen LogP contribution >= 0.6 is 0 Å². The number of aryl methyl sites for hydroxylation is 2. The fourth-order valence-corrected chi connectivity index (χ4v) is 4.17. The molecule has 1 aliphatic heterocycles. The van der Waals surface area contributed by atoms with Crippen molar-refractivity contribution in [3.8, 4) is 11.1 Å². The number of hydrogen-bond donors (Lipinski definition) is 2. The van der Waals surface area contributed by atoms with Crippen molar-refractivity contribution in [2.75, 3.05) is 30.4 Å². The van der Waals surface area contributed by atoms with Crippen molar-refractivity contribution in [3.05, 3.63) is 29.7 Å². The second kappa shape index (κ2) is 6.68. The van der Waals surface area contributed by atoms with E-state index in [0.717, 1.165) is 41.1 Å². The third kappa shape index (κ3) is 3.80. The first-order chi connectivity index (χ1) is 11.8. The Hall–Kier alpha value is -2.06. The monoisotopic (exact) mass is 364 g/mol. The van der Waals surface area contributed by atoms with E-state index in [9.17, 15) is 8.42 Å². The second-order valence-electron chi connectivity index (χ2n) is 6.58. The Bertz CT molecular complexity index is 849. The van der Waals surface area contributed by atoms with Crippen LogP contribution in [-0.4, -0.2) is 43.3 Å². The predicted molar refractivity (Wildman–Crippen MR) is 98.9 cm³/mol. The van der Waals surface area contributed by atoms with Gasteiger partial charge in [-0.1, -0.05) is 11.2 Å². The molecule has 25 heavy (non-hydrogen) atoms. The van der Waals surface area contributed by atoms with Crippen LogP contribution in [0.2, 0.25) is 0 Å². The molecular formula is C17H24N4O3S. The average molecular weight is 364 g/mol. The van der Waals surface area contributed by atoms with Crippen molar-refractivity contribution in [2.24, 2.45) is 0 Å². The standard InChI is InChI=1S/C17H24N4O3S/c1-11-17(12(2)24-20-11)13-4-5-16(15(18)10-13)19-14-6-8-21(9-7-14)25(3,22)23/h4-5,10,14,19H,6-9,18H2,1-3H3. The number of nitrogens with two attached hydrogens (primary N) is 1. The molecule has 2 aromatic rings. The fourth-order valence-electron chi connectivity index (χ4n) is 3.30. The van der Waals surface area contributed by atoms with E-state index < -0.39 is 10.0 Å². The number of aromatic nitrogens is 1. The molecule has 7 nitrogen and oxygen atoms in total. The van der Waals surface area contributed by atoms with E-state index >= 15 is 0 Å². The van der Waals surface area contributed by atoms with Crippen LogP contribution in [0.25, 0.3) is 11.1 Å². The highest BCUT2D eigenvalue weighted by Gasteiger charge is 2.25. The summed E-state index contributed by atoms with van der Waals surface area (Å²) in [5, 5.41) is 7.42. The molecule has 0 spiro atoms. The van der Waals surface area contributed by atoms with E-state index in [1.165, 1.54) is 10.6 Å². The Balaban J connectivity index is 1.71. The minimum Gasteiger partial charge on any atom is -0.397 e. The highest BCUT2D eigenvalue weighted by molar-refractivity contribution is 7.88. The van der Waals surface area contributed by atoms with Crippen molar-refractivity contribution >= 4 is 21.4 Å². The number of sulfonamides is 1. The molecule has 0 unspecified atom stereocenters. The molecular weight excluding hydrogens is 340 g/mol. The summed E-state index contributed by atoms with van der Waals surface area (Å²) in [5.74, 6) is 0.769. The normalized spacial score (nSPS) is 16.9. The third-order valence-electron chi connectivity index (χ3n) is 4.66. The Morgan fingerprint density at radius 1 is 1.28 bits per heavy atom. The van der Waals surface area contributed by atoms with Gasteiger partial charge >= 0.3 is 0 Å². The van der Waals surface area contributed by atoms with Gasteiger partial charge in [-0.25, -0.2) is 12.7 Å². The molecule has 0 bridgehead atoms. The quantitative estimate of drug-likeness (QED) is 0.808. The van der Waals surface area contributed by atoms with Gasteiger partial charge in [0.2, 0.25) is 10.0 Å². The van der Waals surface area contributed by atoms with Gasteiger partial charge in [0.15, 0.2) is 0 Å². The molecule has 2 heterocycles. The topological polar surface area (TPSA) is 101 Å². The van der Waals surface area contributed by atoms with Gasteiger partial charge in [0.25, 0.3) is 0 Å². The summed E-state index contributed by atoms with van der Waals surface area (Å²) < 4.78 is 29.9. The van der Waals surface area contributed by atoms with Crippen molar-refractivity contribution in [1.29, 1.82) is 0 Å². The number of nitrogen functional groups attached to an aromatic ring is 1. The maximum atomic E-state index is 11.6. The van der Waals surface area contributed by atoms with Gasteiger partial charge in [0.1, 0.15) is 5.76 Å². The van der Waals surface area contributed by atoms with Crippen LogP contribution in [0.5, 0.6) is 0 Å². The number of benzene rings is 1. The van der Waals surface area contributed by atoms with E-state index in [2.05, 4.69) is 10.5 Å². The summed E-state index contributed by atoms with van der Waals surface area (Å²) >= 11 is 0.